The highest BCUT2D eigenvalue weighted by atomic mass is 35.5. The maximum atomic E-state index is 12.5. The smallest absolute Gasteiger partial charge is 0.378 e. The number of aromatic nitrogens is 4. The van der Waals surface area contributed by atoms with Crippen LogP contribution in [0.2, 0.25) is 5.15 Å². The van der Waals surface area contributed by atoms with Crippen LogP contribution in [0.25, 0.3) is 0 Å². The van der Waals surface area contributed by atoms with Gasteiger partial charge in [-0.2, -0.15) is 23.4 Å². The van der Waals surface area contributed by atoms with Crippen molar-refractivity contribution in [1.29, 1.82) is 0 Å². The molecule has 0 spiro atoms. The van der Waals surface area contributed by atoms with Gasteiger partial charge < -0.3 is 5.32 Å². The number of aryl methyl sites for hydroxylation is 1. The molecule has 2 heterocycles. The minimum Gasteiger partial charge on any atom is -0.378 e. The summed E-state index contributed by atoms with van der Waals surface area (Å²) in [6, 6.07) is 0. The van der Waals surface area contributed by atoms with Gasteiger partial charge in [0.25, 0.3) is 0 Å². The highest BCUT2D eigenvalue weighted by Crippen LogP contribution is 2.33. The number of hydrogen-bond donors (Lipinski definition) is 2. The Kier molecular flexibility index (Phi) is 3.20. The van der Waals surface area contributed by atoms with Crippen molar-refractivity contribution in [2.24, 2.45) is 7.05 Å². The van der Waals surface area contributed by atoms with E-state index >= 15 is 0 Å². The van der Waals surface area contributed by atoms with Crippen molar-refractivity contribution in [3.8, 4) is 0 Å². The molecule has 0 bridgehead atoms. The van der Waals surface area contributed by atoms with Crippen molar-refractivity contribution >= 4 is 17.3 Å². The number of H-pyrrole nitrogens is 1. The third-order valence-corrected chi connectivity index (χ3v) is 2.82. The highest BCUT2D eigenvalue weighted by Gasteiger charge is 2.35. The number of anilines is 1. The van der Waals surface area contributed by atoms with Crippen LogP contribution in [-0.2, 0) is 19.8 Å². The van der Waals surface area contributed by atoms with Crippen LogP contribution in [0.3, 0.4) is 0 Å². The average molecular weight is 280 g/mol. The quantitative estimate of drug-likeness (QED) is 0.907. The molecule has 0 aliphatic carbocycles. The summed E-state index contributed by atoms with van der Waals surface area (Å²) in [5.74, 6) is 0. The second kappa shape index (κ2) is 4.52. The van der Waals surface area contributed by atoms with E-state index in [1.54, 1.807) is 7.05 Å². The highest BCUT2D eigenvalue weighted by molar-refractivity contribution is 6.30. The van der Waals surface area contributed by atoms with Gasteiger partial charge in [0.15, 0.2) is 5.69 Å². The molecular weight excluding hydrogens is 271 g/mol. The second-order valence-corrected chi connectivity index (χ2v) is 3.95. The molecule has 0 fully saturated rings. The molecule has 18 heavy (non-hydrogen) atoms. The molecule has 98 valence electrons. The van der Waals surface area contributed by atoms with Gasteiger partial charge in [-0.1, -0.05) is 11.6 Å². The maximum absolute atomic E-state index is 12.5. The Balaban J connectivity index is 2.12. The summed E-state index contributed by atoms with van der Waals surface area (Å²) in [4.78, 5) is 0. The number of nitrogens with one attached hydrogen (secondary N) is 2. The number of rotatable bonds is 3. The molecule has 0 aromatic carbocycles. The fraction of sp³-hybridized carbons (Fsp3) is 0.333. The van der Waals surface area contributed by atoms with Crippen LogP contribution >= 0.6 is 11.6 Å². The largest absolute Gasteiger partial charge is 0.434 e. The van der Waals surface area contributed by atoms with Crippen LogP contribution in [0.4, 0.5) is 18.9 Å². The molecule has 0 saturated carbocycles. The number of aromatic amines is 1. The van der Waals surface area contributed by atoms with Gasteiger partial charge in [-0.25, -0.2) is 0 Å². The first-order chi connectivity index (χ1) is 8.39. The van der Waals surface area contributed by atoms with E-state index in [2.05, 4.69) is 15.5 Å². The molecule has 0 aliphatic rings. The van der Waals surface area contributed by atoms with E-state index in [1.807, 2.05) is 5.10 Å². The van der Waals surface area contributed by atoms with Gasteiger partial charge >= 0.3 is 6.18 Å². The Morgan fingerprint density at radius 3 is 2.72 bits per heavy atom. The van der Waals surface area contributed by atoms with E-state index in [0.717, 1.165) is 6.20 Å². The SMILES string of the molecule is Cn1ncc(CNc2cn[nH]c2C(F)(F)F)c1Cl. The summed E-state index contributed by atoms with van der Waals surface area (Å²) in [7, 11) is 1.64. The van der Waals surface area contributed by atoms with Gasteiger partial charge in [0, 0.05) is 19.2 Å². The van der Waals surface area contributed by atoms with Gasteiger partial charge in [-0.05, 0) is 0 Å². The van der Waals surface area contributed by atoms with Crippen LogP contribution in [0, 0.1) is 0 Å². The summed E-state index contributed by atoms with van der Waals surface area (Å²) in [5, 5.41) is 12.2. The molecule has 5 nitrogen and oxygen atoms in total. The summed E-state index contributed by atoms with van der Waals surface area (Å²) in [6.45, 7) is 0.134. The number of alkyl halides is 3. The summed E-state index contributed by atoms with van der Waals surface area (Å²) in [5.41, 5.74) is -0.432. The maximum Gasteiger partial charge on any atom is 0.434 e. The predicted molar refractivity (Wildman–Crippen MR) is 59.1 cm³/mol. The van der Waals surface area contributed by atoms with E-state index in [-0.39, 0.29) is 12.2 Å². The Labute approximate surface area is 105 Å². The topological polar surface area (TPSA) is 58.5 Å². The van der Waals surface area contributed by atoms with Gasteiger partial charge in [0.2, 0.25) is 0 Å². The molecule has 2 aromatic rings. The lowest BCUT2D eigenvalue weighted by atomic mass is 10.3. The Morgan fingerprint density at radius 1 is 1.44 bits per heavy atom. The second-order valence-electron chi connectivity index (χ2n) is 3.59. The lowest BCUT2D eigenvalue weighted by Crippen LogP contribution is -2.10. The molecule has 0 radical (unpaired) electrons. The Hall–Kier alpha value is -1.70. The first-order valence-electron chi connectivity index (χ1n) is 4.90. The summed E-state index contributed by atoms with van der Waals surface area (Å²) < 4.78 is 39.0. The van der Waals surface area contributed by atoms with Gasteiger partial charge in [-0.15, -0.1) is 0 Å². The molecule has 0 unspecified atom stereocenters. The normalized spacial score (nSPS) is 11.8. The molecule has 2 aromatic heterocycles. The lowest BCUT2D eigenvalue weighted by Gasteiger charge is -2.08. The van der Waals surface area contributed by atoms with Crippen LogP contribution in [0.15, 0.2) is 12.4 Å². The van der Waals surface area contributed by atoms with Crippen molar-refractivity contribution in [3.05, 3.63) is 28.8 Å². The first kappa shape index (κ1) is 12.7. The van der Waals surface area contributed by atoms with E-state index < -0.39 is 11.9 Å². The zero-order valence-electron chi connectivity index (χ0n) is 9.22. The minimum atomic E-state index is -4.47. The van der Waals surface area contributed by atoms with Crippen LogP contribution < -0.4 is 5.32 Å². The van der Waals surface area contributed by atoms with Crippen molar-refractivity contribution in [2.45, 2.75) is 12.7 Å². The third-order valence-electron chi connectivity index (χ3n) is 2.33. The Bertz CT molecular complexity index is 545. The number of halogens is 4. The number of nitrogens with zero attached hydrogens (tertiary/aromatic N) is 3. The third kappa shape index (κ3) is 2.42. The fourth-order valence-electron chi connectivity index (χ4n) is 1.41. The molecule has 0 atom stereocenters. The van der Waals surface area contributed by atoms with Crippen molar-refractivity contribution in [3.63, 3.8) is 0 Å². The molecule has 0 aliphatic heterocycles. The van der Waals surface area contributed by atoms with Gasteiger partial charge in [-0.3, -0.25) is 9.78 Å². The van der Waals surface area contributed by atoms with Crippen LogP contribution in [0.1, 0.15) is 11.3 Å². The van der Waals surface area contributed by atoms with Crippen molar-refractivity contribution < 1.29 is 13.2 Å². The zero-order valence-corrected chi connectivity index (χ0v) is 9.97. The molecule has 0 amide bonds. The molecule has 2 rings (SSSR count). The van der Waals surface area contributed by atoms with Crippen LogP contribution in [-0.4, -0.2) is 20.0 Å². The molecule has 9 heteroatoms. The van der Waals surface area contributed by atoms with E-state index in [4.69, 9.17) is 11.6 Å². The minimum absolute atomic E-state index is 0.123. The van der Waals surface area contributed by atoms with E-state index in [1.165, 1.54) is 10.9 Å². The van der Waals surface area contributed by atoms with Crippen molar-refractivity contribution in [1.82, 2.24) is 20.0 Å². The van der Waals surface area contributed by atoms with Gasteiger partial charge in [0.05, 0.1) is 18.1 Å². The predicted octanol–water partition coefficient (Wildman–Crippen LogP) is 2.43. The standard InChI is InChI=1S/C9H9ClF3N5/c1-18-8(10)5(3-16-18)2-14-6-4-15-17-7(6)9(11,12)13/h3-4,14H,2H2,1H3,(H,15,17). The summed E-state index contributed by atoms with van der Waals surface area (Å²) >= 11 is 5.89. The van der Waals surface area contributed by atoms with Crippen molar-refractivity contribution in [2.75, 3.05) is 5.32 Å². The van der Waals surface area contributed by atoms with E-state index in [0.29, 0.717) is 10.7 Å². The lowest BCUT2D eigenvalue weighted by molar-refractivity contribution is -0.140. The summed E-state index contributed by atoms with van der Waals surface area (Å²) in [6.07, 6.45) is -1.91. The number of hydrogen-bond acceptors (Lipinski definition) is 3. The average Bonchev–Trinajstić information content (AvgIpc) is 2.85. The van der Waals surface area contributed by atoms with Crippen LogP contribution in [0.5, 0.6) is 0 Å². The fourth-order valence-corrected chi connectivity index (χ4v) is 1.57. The molecular formula is C9H9ClF3N5. The zero-order chi connectivity index (χ0) is 13.3. The van der Waals surface area contributed by atoms with E-state index in [9.17, 15) is 13.2 Å². The molecule has 2 N–H and O–H groups in total. The Morgan fingerprint density at radius 2 is 2.17 bits per heavy atom. The molecule has 0 saturated heterocycles. The monoisotopic (exact) mass is 279 g/mol. The first-order valence-corrected chi connectivity index (χ1v) is 5.28. The van der Waals surface area contributed by atoms with Gasteiger partial charge in [0.1, 0.15) is 5.15 Å².